The molecule has 1 aliphatic rings. The molecule has 3 rings (SSSR count). The Kier molecular flexibility index (Phi) is 5.39. The smallest absolute Gasteiger partial charge is 0.253 e. The molecule has 0 aliphatic carbocycles. The van der Waals surface area contributed by atoms with Gasteiger partial charge in [-0.1, -0.05) is 44.0 Å². The van der Waals surface area contributed by atoms with Gasteiger partial charge in [-0.3, -0.25) is 15.0 Å². The SMILES string of the molecule is CNC(=O)CC1C(=O)N(Nc2cc(Br)ccc2C)c2c(C)ccc(Br)c21. The fraction of sp³-hybridized carbons (Fsp3) is 0.263. The number of nitrogens with zero attached hydrogens (tertiary/aromatic N) is 1. The molecule has 2 N–H and O–H groups in total. The Labute approximate surface area is 169 Å². The summed E-state index contributed by atoms with van der Waals surface area (Å²) < 4.78 is 1.75. The van der Waals surface area contributed by atoms with Gasteiger partial charge in [0.25, 0.3) is 5.91 Å². The monoisotopic (exact) mass is 479 g/mol. The summed E-state index contributed by atoms with van der Waals surface area (Å²) >= 11 is 7.02. The summed E-state index contributed by atoms with van der Waals surface area (Å²) in [6.07, 6.45) is 0.111. The van der Waals surface area contributed by atoms with Gasteiger partial charge >= 0.3 is 0 Å². The maximum atomic E-state index is 13.2. The van der Waals surface area contributed by atoms with E-state index in [9.17, 15) is 9.59 Å². The third-order valence-electron chi connectivity index (χ3n) is 4.56. The van der Waals surface area contributed by atoms with Crippen LogP contribution in [0.5, 0.6) is 0 Å². The normalized spacial score (nSPS) is 15.8. The van der Waals surface area contributed by atoms with Gasteiger partial charge < -0.3 is 5.32 Å². The molecule has 0 saturated carbocycles. The van der Waals surface area contributed by atoms with Crippen LogP contribution in [-0.4, -0.2) is 18.9 Å². The number of rotatable bonds is 4. The number of amides is 2. The first-order valence-corrected chi connectivity index (χ1v) is 9.78. The van der Waals surface area contributed by atoms with Crippen molar-refractivity contribution in [3.8, 4) is 0 Å². The van der Waals surface area contributed by atoms with E-state index < -0.39 is 5.92 Å². The molecule has 0 saturated heterocycles. The number of carbonyl (C=O) groups is 2. The molecule has 1 unspecified atom stereocenters. The maximum absolute atomic E-state index is 13.2. The van der Waals surface area contributed by atoms with Crippen LogP contribution in [0.3, 0.4) is 0 Å². The Morgan fingerprint density at radius 1 is 1.15 bits per heavy atom. The van der Waals surface area contributed by atoms with Crippen LogP contribution < -0.4 is 15.8 Å². The highest BCUT2D eigenvalue weighted by Crippen LogP contribution is 2.45. The summed E-state index contributed by atoms with van der Waals surface area (Å²) in [6, 6.07) is 9.74. The molecule has 1 heterocycles. The van der Waals surface area contributed by atoms with Gasteiger partial charge in [-0.2, -0.15) is 0 Å². The predicted molar refractivity (Wildman–Crippen MR) is 110 cm³/mol. The van der Waals surface area contributed by atoms with Crippen LogP contribution >= 0.6 is 31.9 Å². The van der Waals surface area contributed by atoms with Crippen molar-refractivity contribution in [2.75, 3.05) is 17.5 Å². The van der Waals surface area contributed by atoms with Crippen molar-refractivity contribution in [1.82, 2.24) is 5.32 Å². The lowest BCUT2D eigenvalue weighted by Crippen LogP contribution is -2.36. The number of anilines is 2. The standard InChI is InChI=1S/C19H19Br2N3O2/c1-10-4-6-12(20)8-15(10)23-24-18-11(2)5-7-14(21)17(18)13(19(24)26)9-16(25)22-3/h4-8,13,23H,9H2,1-3H3,(H,22,25). The van der Waals surface area contributed by atoms with Gasteiger partial charge in [0.1, 0.15) is 0 Å². The fourth-order valence-electron chi connectivity index (χ4n) is 3.13. The molecular weight excluding hydrogens is 462 g/mol. The Bertz CT molecular complexity index is 899. The van der Waals surface area contributed by atoms with Gasteiger partial charge in [-0.05, 0) is 43.2 Å². The lowest BCUT2D eigenvalue weighted by atomic mass is 9.95. The number of hydrogen-bond acceptors (Lipinski definition) is 3. The van der Waals surface area contributed by atoms with Crippen molar-refractivity contribution in [2.24, 2.45) is 0 Å². The first kappa shape index (κ1) is 18.9. The van der Waals surface area contributed by atoms with E-state index in [4.69, 9.17) is 0 Å². The van der Waals surface area contributed by atoms with Crippen LogP contribution in [-0.2, 0) is 9.59 Å². The largest absolute Gasteiger partial charge is 0.359 e. The first-order valence-electron chi connectivity index (χ1n) is 8.19. The Balaban J connectivity index is 2.07. The third kappa shape index (κ3) is 3.38. The minimum Gasteiger partial charge on any atom is -0.359 e. The average molecular weight is 481 g/mol. The predicted octanol–water partition coefficient (Wildman–Crippen LogP) is 4.42. The van der Waals surface area contributed by atoms with Crippen molar-refractivity contribution in [1.29, 1.82) is 0 Å². The zero-order chi connectivity index (χ0) is 19.0. The number of hydrogen-bond donors (Lipinski definition) is 2. The van der Waals surface area contributed by atoms with E-state index in [0.29, 0.717) is 0 Å². The number of fused-ring (bicyclic) bond motifs is 1. The number of benzene rings is 2. The minimum absolute atomic E-state index is 0.111. The van der Waals surface area contributed by atoms with Gasteiger partial charge in [0.15, 0.2) is 0 Å². The fourth-order valence-corrected chi connectivity index (χ4v) is 4.09. The molecule has 2 aromatic rings. The second-order valence-corrected chi connectivity index (χ2v) is 8.07. The van der Waals surface area contributed by atoms with Crippen molar-refractivity contribution in [3.63, 3.8) is 0 Å². The van der Waals surface area contributed by atoms with E-state index in [1.165, 1.54) is 0 Å². The van der Waals surface area contributed by atoms with Crippen LogP contribution in [0.15, 0.2) is 39.3 Å². The molecule has 136 valence electrons. The summed E-state index contributed by atoms with van der Waals surface area (Å²) in [5.41, 5.74) is 7.72. The molecule has 0 fully saturated rings. The quantitative estimate of drug-likeness (QED) is 0.680. The zero-order valence-electron chi connectivity index (χ0n) is 14.7. The van der Waals surface area contributed by atoms with Crippen LogP contribution in [0.1, 0.15) is 29.0 Å². The van der Waals surface area contributed by atoms with E-state index in [2.05, 4.69) is 42.6 Å². The van der Waals surface area contributed by atoms with Gasteiger partial charge in [0.2, 0.25) is 5.91 Å². The number of hydrazine groups is 1. The average Bonchev–Trinajstić information content (AvgIpc) is 2.88. The molecule has 1 aliphatic heterocycles. The summed E-state index contributed by atoms with van der Waals surface area (Å²) in [7, 11) is 1.58. The van der Waals surface area contributed by atoms with Crippen LogP contribution in [0.4, 0.5) is 11.4 Å². The van der Waals surface area contributed by atoms with E-state index in [1.54, 1.807) is 12.1 Å². The van der Waals surface area contributed by atoms with Gasteiger partial charge in [-0.15, -0.1) is 0 Å². The molecule has 0 aromatic heterocycles. The molecule has 0 spiro atoms. The molecule has 0 radical (unpaired) electrons. The number of carbonyl (C=O) groups excluding carboxylic acids is 2. The van der Waals surface area contributed by atoms with Gasteiger partial charge in [0, 0.05) is 28.0 Å². The minimum atomic E-state index is -0.529. The summed E-state index contributed by atoms with van der Waals surface area (Å²) in [4.78, 5) is 25.1. The van der Waals surface area contributed by atoms with Crippen LogP contribution in [0, 0.1) is 13.8 Å². The molecule has 5 nitrogen and oxygen atoms in total. The van der Waals surface area contributed by atoms with Crippen LogP contribution in [0.25, 0.3) is 0 Å². The van der Waals surface area contributed by atoms with Crippen molar-refractivity contribution in [3.05, 3.63) is 56.0 Å². The second-order valence-electron chi connectivity index (χ2n) is 6.30. The first-order chi connectivity index (χ1) is 12.3. The van der Waals surface area contributed by atoms with Crippen molar-refractivity contribution in [2.45, 2.75) is 26.2 Å². The van der Waals surface area contributed by atoms with E-state index in [0.717, 1.165) is 37.0 Å². The van der Waals surface area contributed by atoms with Crippen molar-refractivity contribution < 1.29 is 9.59 Å². The van der Waals surface area contributed by atoms with Gasteiger partial charge in [-0.25, -0.2) is 5.01 Å². The lowest BCUT2D eigenvalue weighted by Gasteiger charge is -2.23. The number of aryl methyl sites for hydroxylation is 2. The van der Waals surface area contributed by atoms with E-state index in [-0.39, 0.29) is 18.2 Å². The lowest BCUT2D eigenvalue weighted by molar-refractivity contribution is -0.125. The topological polar surface area (TPSA) is 61.4 Å². The molecular formula is C19H19Br2N3O2. The number of nitrogens with one attached hydrogen (secondary N) is 2. The Hall–Kier alpha value is -1.86. The number of halogens is 2. The summed E-state index contributed by atoms with van der Waals surface area (Å²) in [5.74, 6) is -0.833. The molecule has 26 heavy (non-hydrogen) atoms. The molecule has 7 heteroatoms. The van der Waals surface area contributed by atoms with Gasteiger partial charge in [0.05, 0.1) is 17.3 Å². The second kappa shape index (κ2) is 7.40. The molecule has 2 aromatic carbocycles. The highest BCUT2D eigenvalue weighted by Gasteiger charge is 2.41. The maximum Gasteiger partial charge on any atom is 0.253 e. The Morgan fingerprint density at radius 3 is 2.54 bits per heavy atom. The Morgan fingerprint density at radius 2 is 1.85 bits per heavy atom. The molecule has 1 atom stereocenters. The van der Waals surface area contributed by atoms with E-state index in [1.807, 2.05) is 44.2 Å². The highest BCUT2D eigenvalue weighted by atomic mass is 79.9. The van der Waals surface area contributed by atoms with Crippen molar-refractivity contribution >= 4 is 55.0 Å². The highest BCUT2D eigenvalue weighted by molar-refractivity contribution is 9.10. The van der Waals surface area contributed by atoms with Crippen LogP contribution in [0.2, 0.25) is 0 Å². The summed E-state index contributed by atoms with van der Waals surface area (Å²) in [6.45, 7) is 3.94. The summed E-state index contributed by atoms with van der Waals surface area (Å²) in [5, 5.41) is 4.17. The molecule has 0 bridgehead atoms. The zero-order valence-corrected chi connectivity index (χ0v) is 17.9. The third-order valence-corrected chi connectivity index (χ3v) is 5.74. The van der Waals surface area contributed by atoms with E-state index >= 15 is 0 Å². The molecule has 2 amide bonds.